The van der Waals surface area contributed by atoms with Crippen molar-refractivity contribution >= 4 is 17.5 Å². The van der Waals surface area contributed by atoms with E-state index in [0.717, 1.165) is 26.2 Å². The van der Waals surface area contributed by atoms with Crippen LogP contribution in [0.15, 0.2) is 28.9 Å². The Bertz CT molecular complexity index is 1290. The highest BCUT2D eigenvalue weighted by Gasteiger charge is 2.64. The molecule has 1 aliphatic rings. The molecule has 6 nitrogen and oxygen atoms in total. The number of carbonyl (C=O) groups is 1. The van der Waals surface area contributed by atoms with Gasteiger partial charge in [0.05, 0.1) is 10.6 Å². The maximum Gasteiger partial charge on any atom is 0.459 e. The summed E-state index contributed by atoms with van der Waals surface area (Å²) in [6.45, 7) is 0. The van der Waals surface area contributed by atoms with Crippen molar-refractivity contribution in [3.05, 3.63) is 46.3 Å². The zero-order valence-electron chi connectivity index (χ0n) is 17.4. The Labute approximate surface area is 195 Å². The van der Waals surface area contributed by atoms with E-state index < -0.39 is 47.0 Å². The third-order valence-corrected chi connectivity index (χ3v) is 5.44. The van der Waals surface area contributed by atoms with E-state index in [2.05, 4.69) is 15.4 Å². The Hall–Kier alpha value is -3.16. The number of carbonyl (C=O) groups excluding carboxylic acids is 1. The van der Waals surface area contributed by atoms with Gasteiger partial charge in [0.1, 0.15) is 23.2 Å². The smallest absolute Gasteiger partial charge is 0.443 e. The standard InChI is InChI=1S/C20H13ClF8N4O2/c1-33-14(13(19(24,25)26)15(32-33)18(22,23)20(27,28)29)17-31-12(7-35-17)8-2-5-11(21)10(6-8)16(34)30-9-3-4-9/h2,5-7,9H,3-4H2,1H3,(H,30,34). The average molecular weight is 529 g/mol. The lowest BCUT2D eigenvalue weighted by Crippen LogP contribution is -2.36. The molecule has 0 unspecified atom stereocenters. The van der Waals surface area contributed by atoms with Crippen molar-refractivity contribution in [1.82, 2.24) is 20.1 Å². The van der Waals surface area contributed by atoms with Crippen LogP contribution in [0, 0.1) is 0 Å². The number of halogens is 9. The highest BCUT2D eigenvalue weighted by Crippen LogP contribution is 2.50. The highest BCUT2D eigenvalue weighted by molar-refractivity contribution is 6.34. The number of nitrogens with one attached hydrogen (secondary N) is 1. The molecule has 2 aromatic heterocycles. The fourth-order valence-corrected chi connectivity index (χ4v) is 3.46. The molecule has 0 bridgehead atoms. The average Bonchev–Trinajstić information content (AvgIpc) is 3.27. The quantitative estimate of drug-likeness (QED) is 0.415. The molecule has 0 atom stereocenters. The Morgan fingerprint density at radius 1 is 1.14 bits per heavy atom. The fourth-order valence-electron chi connectivity index (χ4n) is 3.26. The molecule has 2 heterocycles. The Morgan fingerprint density at radius 3 is 2.37 bits per heavy atom. The number of amides is 1. The predicted octanol–water partition coefficient (Wildman–Crippen LogP) is 5.96. The predicted molar refractivity (Wildman–Crippen MR) is 105 cm³/mol. The van der Waals surface area contributed by atoms with Gasteiger partial charge in [0.15, 0.2) is 5.69 Å². The van der Waals surface area contributed by atoms with Crippen LogP contribution in [0.1, 0.15) is 34.5 Å². The minimum Gasteiger partial charge on any atom is -0.443 e. The molecule has 35 heavy (non-hydrogen) atoms. The molecule has 0 spiro atoms. The molecule has 0 saturated heterocycles. The van der Waals surface area contributed by atoms with Gasteiger partial charge >= 0.3 is 18.3 Å². The molecule has 0 aliphatic heterocycles. The molecule has 1 aromatic carbocycles. The third kappa shape index (κ3) is 4.58. The molecule has 1 fully saturated rings. The first kappa shape index (κ1) is 24.9. The number of aryl methyl sites for hydroxylation is 1. The van der Waals surface area contributed by atoms with Gasteiger partial charge < -0.3 is 9.73 Å². The first-order valence-corrected chi connectivity index (χ1v) is 10.1. The van der Waals surface area contributed by atoms with E-state index in [1.54, 1.807) is 0 Å². The zero-order chi connectivity index (χ0) is 25.9. The Morgan fingerprint density at radius 2 is 1.80 bits per heavy atom. The van der Waals surface area contributed by atoms with E-state index in [1.165, 1.54) is 18.2 Å². The highest BCUT2D eigenvalue weighted by atomic mass is 35.5. The van der Waals surface area contributed by atoms with Gasteiger partial charge in [0.25, 0.3) is 5.91 Å². The van der Waals surface area contributed by atoms with E-state index >= 15 is 0 Å². The lowest BCUT2D eigenvalue weighted by Gasteiger charge is -2.19. The first-order chi connectivity index (χ1) is 16.1. The first-order valence-electron chi connectivity index (χ1n) is 9.77. The van der Waals surface area contributed by atoms with Gasteiger partial charge in [-0.3, -0.25) is 9.48 Å². The van der Waals surface area contributed by atoms with Crippen LogP contribution in [-0.2, 0) is 19.1 Å². The van der Waals surface area contributed by atoms with E-state index in [0.29, 0.717) is 0 Å². The molecular weight excluding hydrogens is 516 g/mol. The van der Waals surface area contributed by atoms with E-state index in [-0.39, 0.29) is 32.6 Å². The normalized spacial score (nSPS) is 14.9. The third-order valence-electron chi connectivity index (χ3n) is 5.11. The molecule has 1 saturated carbocycles. The summed E-state index contributed by atoms with van der Waals surface area (Å²) in [6, 6.07) is 4.00. The van der Waals surface area contributed by atoms with Gasteiger partial charge in [-0.15, -0.1) is 0 Å². The molecule has 1 N–H and O–H groups in total. The van der Waals surface area contributed by atoms with Crippen LogP contribution in [0.25, 0.3) is 22.8 Å². The van der Waals surface area contributed by atoms with Gasteiger partial charge in [-0.1, -0.05) is 17.7 Å². The van der Waals surface area contributed by atoms with Gasteiger partial charge in [-0.25, -0.2) is 4.98 Å². The van der Waals surface area contributed by atoms with Crippen molar-refractivity contribution in [2.45, 2.75) is 37.2 Å². The van der Waals surface area contributed by atoms with Crippen molar-refractivity contribution in [2.24, 2.45) is 7.05 Å². The van der Waals surface area contributed by atoms with Crippen LogP contribution in [0.2, 0.25) is 5.02 Å². The number of benzene rings is 1. The van der Waals surface area contributed by atoms with Crippen LogP contribution in [-0.4, -0.2) is 32.9 Å². The van der Waals surface area contributed by atoms with Crippen LogP contribution in [0.5, 0.6) is 0 Å². The van der Waals surface area contributed by atoms with Crippen LogP contribution in [0.4, 0.5) is 35.1 Å². The molecule has 0 radical (unpaired) electrons. The van der Waals surface area contributed by atoms with Gasteiger partial charge in [-0.05, 0) is 25.0 Å². The summed E-state index contributed by atoms with van der Waals surface area (Å²) in [5.74, 6) is -7.30. The number of alkyl halides is 8. The molecular formula is C20H13ClF8N4O2. The van der Waals surface area contributed by atoms with E-state index in [4.69, 9.17) is 16.0 Å². The maximum absolute atomic E-state index is 13.9. The summed E-state index contributed by atoms with van der Waals surface area (Å²) in [4.78, 5) is 16.2. The summed E-state index contributed by atoms with van der Waals surface area (Å²) < 4.78 is 112. The molecule has 1 aliphatic carbocycles. The molecule has 4 rings (SSSR count). The Balaban J connectivity index is 1.79. The minimum atomic E-state index is -6.33. The molecule has 3 aromatic rings. The lowest BCUT2D eigenvalue weighted by molar-refractivity contribution is -0.292. The van der Waals surface area contributed by atoms with E-state index in [9.17, 15) is 39.9 Å². The molecule has 15 heteroatoms. The van der Waals surface area contributed by atoms with E-state index in [1.807, 2.05) is 0 Å². The maximum atomic E-state index is 13.9. The number of aromatic nitrogens is 3. The fraction of sp³-hybridized carbons (Fsp3) is 0.350. The van der Waals surface area contributed by atoms with Crippen molar-refractivity contribution < 1.29 is 44.3 Å². The van der Waals surface area contributed by atoms with Gasteiger partial charge in [0, 0.05) is 18.7 Å². The van der Waals surface area contributed by atoms with Crippen LogP contribution >= 0.6 is 11.6 Å². The van der Waals surface area contributed by atoms with Crippen molar-refractivity contribution in [3.63, 3.8) is 0 Å². The second kappa shape index (κ2) is 8.21. The summed E-state index contributed by atoms with van der Waals surface area (Å²) in [5.41, 5.74) is -6.01. The lowest BCUT2D eigenvalue weighted by atomic mass is 10.1. The van der Waals surface area contributed by atoms with Crippen LogP contribution in [0.3, 0.4) is 0 Å². The Kier molecular flexibility index (Phi) is 5.85. The number of hydrogen-bond donors (Lipinski definition) is 1. The summed E-state index contributed by atoms with van der Waals surface area (Å²) in [6.07, 6.45) is -9.53. The molecule has 188 valence electrons. The number of hydrogen-bond acceptors (Lipinski definition) is 4. The van der Waals surface area contributed by atoms with Crippen molar-refractivity contribution in [1.29, 1.82) is 0 Å². The summed E-state index contributed by atoms with van der Waals surface area (Å²) in [7, 11) is 0.743. The second-order valence-electron chi connectivity index (χ2n) is 7.75. The monoisotopic (exact) mass is 528 g/mol. The van der Waals surface area contributed by atoms with Crippen molar-refractivity contribution in [3.8, 4) is 22.8 Å². The zero-order valence-corrected chi connectivity index (χ0v) is 18.1. The SMILES string of the molecule is Cn1nc(C(F)(F)C(F)(F)F)c(C(F)(F)F)c1-c1nc(-c2ccc(Cl)c(C(=O)NC3CC3)c2)co1. The molecule has 1 amide bonds. The second-order valence-corrected chi connectivity index (χ2v) is 8.15. The minimum absolute atomic E-state index is 0.00975. The summed E-state index contributed by atoms with van der Waals surface area (Å²) in [5, 5.41) is 5.61. The van der Waals surface area contributed by atoms with Gasteiger partial charge in [-0.2, -0.15) is 40.2 Å². The number of rotatable bonds is 5. The topological polar surface area (TPSA) is 73.0 Å². The van der Waals surface area contributed by atoms with Crippen molar-refractivity contribution in [2.75, 3.05) is 0 Å². The van der Waals surface area contributed by atoms with Crippen LogP contribution < -0.4 is 5.32 Å². The summed E-state index contributed by atoms with van der Waals surface area (Å²) >= 11 is 6.05. The largest absolute Gasteiger partial charge is 0.459 e. The number of nitrogens with zero attached hydrogens (tertiary/aromatic N) is 3. The number of oxazole rings is 1. The van der Waals surface area contributed by atoms with Gasteiger partial charge in [0.2, 0.25) is 5.89 Å².